The lowest BCUT2D eigenvalue weighted by molar-refractivity contribution is -0.142. The third kappa shape index (κ3) is 14.3. The van der Waals surface area contributed by atoms with Crippen LogP contribution in [0.2, 0.25) is 5.02 Å². The number of nitrogens with zero attached hydrogens (tertiary/aromatic N) is 1. The molecule has 8 N–H and O–H groups in total. The Bertz CT molecular complexity index is 1640. The van der Waals surface area contributed by atoms with E-state index in [4.69, 9.17) is 27.5 Å². The van der Waals surface area contributed by atoms with Crippen LogP contribution < -0.4 is 31.7 Å². The van der Waals surface area contributed by atoms with Gasteiger partial charge in [0.05, 0.1) is 25.0 Å². The van der Waals surface area contributed by atoms with Crippen LogP contribution in [0.5, 0.6) is 0 Å². The molecule has 0 aliphatic carbocycles. The van der Waals surface area contributed by atoms with Crippen LogP contribution in [0, 0.1) is 11.3 Å². The van der Waals surface area contributed by atoms with Gasteiger partial charge < -0.3 is 36.6 Å². The van der Waals surface area contributed by atoms with E-state index in [0.29, 0.717) is 23.8 Å². The number of benzene rings is 1. The molecule has 15 nitrogen and oxygen atoms in total. The predicted molar refractivity (Wildman–Crippen MR) is 204 cm³/mol. The van der Waals surface area contributed by atoms with Crippen molar-refractivity contribution in [3.63, 3.8) is 0 Å². The number of halogens is 1. The summed E-state index contributed by atoms with van der Waals surface area (Å²) in [5.41, 5.74) is 6.23. The number of hydrogen-bond donors (Lipinski definition) is 7. The van der Waals surface area contributed by atoms with Gasteiger partial charge in [-0.05, 0) is 93.1 Å². The fraction of sp³-hybridized carbons (Fsp3) is 0.571. The van der Waals surface area contributed by atoms with Crippen LogP contribution in [0.15, 0.2) is 41.8 Å². The van der Waals surface area contributed by atoms with Crippen LogP contribution in [0.3, 0.4) is 0 Å². The number of likely N-dealkylation sites (tertiary alicyclic amines) is 1. The third-order valence-electron chi connectivity index (χ3n) is 9.30. The average molecular weight is 795 g/mol. The molecular weight excluding hydrogens is 744 g/mol. The highest BCUT2D eigenvalue weighted by Crippen LogP contribution is 2.26. The molecule has 1 aromatic heterocycles. The van der Waals surface area contributed by atoms with E-state index in [9.17, 15) is 27.6 Å². The number of ether oxygens (including phenoxy) is 1. The van der Waals surface area contributed by atoms with Gasteiger partial charge in [0.1, 0.15) is 12.1 Å². The predicted octanol–water partition coefficient (Wildman–Crippen LogP) is 1.26. The summed E-state index contributed by atoms with van der Waals surface area (Å²) in [5.74, 6) is -2.88. The summed E-state index contributed by atoms with van der Waals surface area (Å²) < 4.78 is 33.6. The van der Waals surface area contributed by atoms with Crippen molar-refractivity contribution in [2.45, 2.75) is 82.2 Å². The summed E-state index contributed by atoms with van der Waals surface area (Å²) in [6, 6.07) is 7.41. The number of nitrogens with two attached hydrogens (primary N) is 1. The molecule has 0 spiro atoms. The van der Waals surface area contributed by atoms with Crippen molar-refractivity contribution in [1.29, 1.82) is 5.41 Å². The molecule has 0 unspecified atom stereocenters. The van der Waals surface area contributed by atoms with Crippen molar-refractivity contribution in [2.75, 3.05) is 39.0 Å². The fourth-order valence-electron chi connectivity index (χ4n) is 6.53. The van der Waals surface area contributed by atoms with Crippen molar-refractivity contribution < 1.29 is 32.3 Å². The summed E-state index contributed by atoms with van der Waals surface area (Å²) in [7, 11) is -3.80. The average Bonchev–Trinajstić information content (AvgIpc) is 3.81. The van der Waals surface area contributed by atoms with Gasteiger partial charge in [-0.3, -0.25) is 24.6 Å². The van der Waals surface area contributed by atoms with Gasteiger partial charge in [-0.25, -0.2) is 13.1 Å². The van der Waals surface area contributed by atoms with E-state index in [1.807, 2.05) is 17.5 Å². The van der Waals surface area contributed by atoms with Gasteiger partial charge >= 0.3 is 0 Å². The Morgan fingerprint density at radius 3 is 2.47 bits per heavy atom. The Kier molecular flexibility index (Phi) is 16.5. The van der Waals surface area contributed by atoms with Crippen molar-refractivity contribution in [3.8, 4) is 0 Å². The van der Waals surface area contributed by atoms with Crippen LogP contribution >= 0.6 is 22.9 Å². The lowest BCUT2D eigenvalue weighted by Gasteiger charge is -2.30. The van der Waals surface area contributed by atoms with E-state index in [0.717, 1.165) is 42.6 Å². The maximum Gasteiger partial charge on any atom is 0.289 e. The molecule has 292 valence electrons. The standard InChI is InChI=1S/C35H51ClN8O7S2/c1-53(49,50)43-29(11-8-23-12-16-39-17-13-23)34(48)44-21-26(51-22-24-6-9-25(36)10-7-24)20-30(44)32(46)42-28(5-2-15-41-35(37)38)31(45)33(47)40-18-14-27-4-3-19-52-27/h3-4,6-7,9-10,19,23,26,28-30,39,43H,2,5,8,11-18,20-22H2,1H3,(H,40,47)(H,42,46)(H4,37,38,41)/t26-,28+,29-,30+/m1/s1. The second-order valence-corrected chi connectivity index (χ2v) is 16.8. The first-order valence-electron chi connectivity index (χ1n) is 17.9. The molecule has 2 aliphatic rings. The topological polar surface area (TPSA) is 225 Å². The minimum Gasteiger partial charge on any atom is -0.372 e. The Hall–Kier alpha value is -3.61. The smallest absolute Gasteiger partial charge is 0.289 e. The monoisotopic (exact) mass is 794 g/mol. The van der Waals surface area contributed by atoms with Crippen molar-refractivity contribution in [2.24, 2.45) is 11.7 Å². The van der Waals surface area contributed by atoms with Crippen LogP contribution in [0.4, 0.5) is 0 Å². The maximum absolute atomic E-state index is 14.3. The van der Waals surface area contributed by atoms with E-state index in [2.05, 4.69) is 26.0 Å². The molecule has 4 atom stereocenters. The molecule has 3 heterocycles. The number of nitrogens with one attached hydrogen (secondary N) is 6. The quantitative estimate of drug-likeness (QED) is 0.0440. The number of piperidine rings is 1. The van der Waals surface area contributed by atoms with Gasteiger partial charge in [-0.15, -0.1) is 11.3 Å². The molecular formula is C35H51ClN8O7S2. The van der Waals surface area contributed by atoms with E-state index in [1.165, 1.54) is 16.2 Å². The minimum absolute atomic E-state index is 0.00412. The summed E-state index contributed by atoms with van der Waals surface area (Å²) in [4.78, 5) is 57.2. The number of guanidine groups is 1. The fourth-order valence-corrected chi connectivity index (χ4v) is 8.11. The highest BCUT2D eigenvalue weighted by atomic mass is 35.5. The third-order valence-corrected chi connectivity index (χ3v) is 11.2. The lowest BCUT2D eigenvalue weighted by Crippen LogP contribution is -2.56. The van der Waals surface area contributed by atoms with Gasteiger partial charge in [0.2, 0.25) is 27.6 Å². The number of ketones is 1. The lowest BCUT2D eigenvalue weighted by atomic mass is 9.91. The highest BCUT2D eigenvalue weighted by Gasteiger charge is 2.44. The zero-order chi connectivity index (χ0) is 38.4. The number of thiophene rings is 1. The molecule has 0 bridgehead atoms. The minimum atomic E-state index is -3.80. The molecule has 2 aliphatic heterocycles. The molecule has 2 fully saturated rings. The Balaban J connectivity index is 1.52. The van der Waals surface area contributed by atoms with Crippen LogP contribution in [0.25, 0.3) is 0 Å². The molecule has 0 radical (unpaired) electrons. The van der Waals surface area contributed by atoms with Gasteiger partial charge in [0.25, 0.3) is 5.91 Å². The second kappa shape index (κ2) is 20.7. The summed E-state index contributed by atoms with van der Waals surface area (Å²) in [5, 5.41) is 21.2. The second-order valence-electron chi connectivity index (χ2n) is 13.5. The Labute approximate surface area is 320 Å². The first-order chi connectivity index (χ1) is 25.3. The molecule has 18 heteroatoms. The number of carbonyl (C=O) groups excluding carboxylic acids is 4. The summed E-state index contributed by atoms with van der Waals surface area (Å²) >= 11 is 7.56. The first-order valence-corrected chi connectivity index (χ1v) is 21.0. The number of Topliss-reactive ketones (excluding diaryl/α,β-unsaturated/α-hetero) is 1. The molecule has 1 aromatic carbocycles. The number of amides is 3. The van der Waals surface area contributed by atoms with Gasteiger partial charge in [-0.1, -0.05) is 29.8 Å². The van der Waals surface area contributed by atoms with Crippen molar-refractivity contribution in [3.05, 3.63) is 57.2 Å². The van der Waals surface area contributed by atoms with Crippen molar-refractivity contribution >= 4 is 62.4 Å². The molecule has 2 aromatic rings. The molecule has 2 saturated heterocycles. The van der Waals surface area contributed by atoms with Crippen LogP contribution in [0.1, 0.15) is 55.4 Å². The molecule has 4 rings (SSSR count). The van der Waals surface area contributed by atoms with Crippen LogP contribution in [-0.4, -0.2) is 106 Å². The molecule has 3 amide bonds. The van der Waals surface area contributed by atoms with E-state index >= 15 is 0 Å². The van der Waals surface area contributed by atoms with E-state index in [-0.39, 0.29) is 57.9 Å². The van der Waals surface area contributed by atoms with Gasteiger partial charge in [-0.2, -0.15) is 0 Å². The van der Waals surface area contributed by atoms with Gasteiger partial charge in [0, 0.05) is 36.0 Å². The molecule has 0 saturated carbocycles. The van der Waals surface area contributed by atoms with Crippen LogP contribution in [-0.2, 0) is 47.0 Å². The Morgan fingerprint density at radius 1 is 1.08 bits per heavy atom. The van der Waals surface area contributed by atoms with E-state index < -0.39 is 57.8 Å². The highest BCUT2D eigenvalue weighted by molar-refractivity contribution is 7.88. The van der Waals surface area contributed by atoms with Crippen molar-refractivity contribution in [1.82, 2.24) is 30.9 Å². The normalized spacial score (nSPS) is 18.9. The van der Waals surface area contributed by atoms with E-state index in [1.54, 1.807) is 24.3 Å². The SMILES string of the molecule is CS(=O)(=O)N[C@H](CCC1CCNCC1)C(=O)N1C[C@H](OCc2ccc(Cl)cc2)C[C@H]1C(=O)N[C@@H](CCCNC(=N)N)C(=O)C(=O)NCCc1cccs1. The zero-order valence-electron chi connectivity index (χ0n) is 29.9. The Morgan fingerprint density at radius 2 is 1.81 bits per heavy atom. The summed E-state index contributed by atoms with van der Waals surface area (Å²) in [6.45, 7) is 2.32. The maximum atomic E-state index is 14.3. The molecule has 53 heavy (non-hydrogen) atoms. The van der Waals surface area contributed by atoms with Gasteiger partial charge in [0.15, 0.2) is 5.96 Å². The number of carbonyl (C=O) groups is 4. The number of rotatable bonds is 20. The zero-order valence-corrected chi connectivity index (χ0v) is 32.3. The number of sulfonamides is 1. The summed E-state index contributed by atoms with van der Waals surface area (Å²) in [6.07, 6.45) is 4.03. The first kappa shape index (κ1) is 42.1. The largest absolute Gasteiger partial charge is 0.372 e. The number of hydrogen-bond acceptors (Lipinski definition) is 10.